The van der Waals surface area contributed by atoms with Crippen molar-refractivity contribution < 1.29 is 32.7 Å². The minimum Gasteiger partial charge on any atom is -0.490 e. The fourth-order valence-electron chi connectivity index (χ4n) is 8.11. The van der Waals surface area contributed by atoms with E-state index in [2.05, 4.69) is 44.4 Å². The van der Waals surface area contributed by atoms with Crippen molar-refractivity contribution in [2.45, 2.75) is 56.7 Å². The normalized spacial score (nSPS) is 22.8. The summed E-state index contributed by atoms with van der Waals surface area (Å²) < 4.78 is 46.5. The first kappa shape index (κ1) is 39.5. The van der Waals surface area contributed by atoms with Gasteiger partial charge in [-0.05, 0) is 79.5 Å². The molecule has 1 fully saturated rings. The van der Waals surface area contributed by atoms with Gasteiger partial charge in [-0.2, -0.15) is 0 Å². The molecule has 2 aromatic carbocycles. The van der Waals surface area contributed by atoms with Gasteiger partial charge in [-0.25, -0.2) is 4.21 Å². The van der Waals surface area contributed by atoms with Gasteiger partial charge in [-0.15, -0.1) is 22.6 Å². The average molecular weight is 780 g/mol. The number of amides is 2. The number of hydrogen-bond acceptors (Lipinski definition) is 9. The molecule has 1 saturated heterocycles. The Labute approximate surface area is 323 Å². The number of carbonyl (C=O) groups is 2. The van der Waals surface area contributed by atoms with Crippen LogP contribution in [0.15, 0.2) is 72.3 Å². The number of anilines is 1. The molecule has 1 aliphatic carbocycles. The zero-order chi connectivity index (χ0) is 38.6. The molecule has 0 bridgehead atoms. The molecule has 14 heteroatoms. The molecule has 54 heavy (non-hydrogen) atoms. The van der Waals surface area contributed by atoms with Crippen LogP contribution in [0.4, 0.5) is 5.69 Å². The van der Waals surface area contributed by atoms with Gasteiger partial charge in [0, 0.05) is 62.0 Å². The van der Waals surface area contributed by atoms with E-state index >= 15 is 0 Å². The second-order valence-electron chi connectivity index (χ2n) is 14.6. The van der Waals surface area contributed by atoms with Gasteiger partial charge in [0.25, 0.3) is 11.8 Å². The zero-order valence-corrected chi connectivity index (χ0v) is 33.0. The van der Waals surface area contributed by atoms with Crippen LogP contribution in [-0.2, 0) is 38.3 Å². The highest BCUT2D eigenvalue weighted by Gasteiger charge is 2.44. The Morgan fingerprint density at radius 3 is 2.80 bits per heavy atom. The van der Waals surface area contributed by atoms with Crippen molar-refractivity contribution >= 4 is 39.0 Å². The number of aryl methyl sites for hydroxylation is 2. The fourth-order valence-corrected chi connectivity index (χ4v) is 10.2. The van der Waals surface area contributed by atoms with E-state index in [-0.39, 0.29) is 52.2 Å². The van der Waals surface area contributed by atoms with Crippen LogP contribution in [0.25, 0.3) is 0 Å². The van der Waals surface area contributed by atoms with Gasteiger partial charge in [-0.1, -0.05) is 36.7 Å². The number of ether oxygens (including phenoxy) is 4. The summed E-state index contributed by atoms with van der Waals surface area (Å²) in [6.45, 7) is 11.9. The van der Waals surface area contributed by atoms with Gasteiger partial charge >= 0.3 is 0 Å². The second kappa shape index (κ2) is 16.7. The maximum Gasteiger partial charge on any atom is 0.286 e. The van der Waals surface area contributed by atoms with E-state index in [1.54, 1.807) is 44.5 Å². The predicted octanol–water partition coefficient (Wildman–Crippen LogP) is 6.33. The Kier molecular flexibility index (Phi) is 12.2. The SMILES string of the molecule is C=CC[C@H](C)CS(=O)(=NC(=O)c1ccc2c(c1)N(C[C@@H]1CCO[C@H]1C(C=C)OC)C[C@@]1(CCCc3cc(Cl)ccc31)CO2)NC(=O)c1cn(C)nc1OC. The van der Waals surface area contributed by atoms with Crippen LogP contribution in [0.5, 0.6) is 11.6 Å². The maximum atomic E-state index is 14.5. The quantitative estimate of drug-likeness (QED) is 0.198. The molecule has 290 valence electrons. The summed E-state index contributed by atoms with van der Waals surface area (Å²) in [5.74, 6) is -0.918. The third-order valence-corrected chi connectivity index (χ3v) is 12.8. The molecule has 0 radical (unpaired) electrons. The molecule has 12 nitrogen and oxygen atoms in total. The Morgan fingerprint density at radius 2 is 2.06 bits per heavy atom. The number of carbonyl (C=O) groups excluding carboxylic acids is 2. The van der Waals surface area contributed by atoms with Crippen molar-refractivity contribution in [2.75, 3.05) is 51.2 Å². The topological polar surface area (TPSA) is 134 Å². The molecule has 2 unspecified atom stereocenters. The Bertz CT molecular complexity index is 2030. The van der Waals surface area contributed by atoms with Crippen molar-refractivity contribution in [1.29, 1.82) is 0 Å². The maximum absolute atomic E-state index is 14.5. The van der Waals surface area contributed by atoms with Crippen LogP contribution in [0, 0.1) is 11.8 Å². The number of hydrogen-bond donors (Lipinski definition) is 1. The molecular weight excluding hydrogens is 730 g/mol. The highest BCUT2D eigenvalue weighted by molar-refractivity contribution is 7.92. The molecule has 3 heterocycles. The smallest absolute Gasteiger partial charge is 0.286 e. The molecule has 6 rings (SSSR count). The number of halogens is 1. The second-order valence-corrected chi connectivity index (χ2v) is 17.0. The summed E-state index contributed by atoms with van der Waals surface area (Å²) in [6, 6.07) is 11.3. The molecule has 2 aliphatic heterocycles. The number of fused-ring (bicyclic) bond motifs is 3. The summed E-state index contributed by atoms with van der Waals surface area (Å²) in [5.41, 5.74) is 3.11. The first-order valence-electron chi connectivity index (χ1n) is 18.3. The molecule has 1 aromatic heterocycles. The predicted molar refractivity (Wildman–Crippen MR) is 210 cm³/mol. The fraction of sp³-hybridized carbons (Fsp3) is 0.475. The van der Waals surface area contributed by atoms with Crippen LogP contribution in [0.2, 0.25) is 5.02 Å². The lowest BCUT2D eigenvalue weighted by Gasteiger charge is -2.41. The lowest BCUT2D eigenvalue weighted by Crippen LogP contribution is -2.48. The number of benzene rings is 2. The van der Waals surface area contributed by atoms with E-state index in [1.165, 1.54) is 29.1 Å². The minimum atomic E-state index is -3.62. The Balaban J connectivity index is 1.39. The summed E-state index contributed by atoms with van der Waals surface area (Å²) in [4.78, 5) is 29.8. The number of nitrogens with zero attached hydrogens (tertiary/aromatic N) is 4. The van der Waals surface area contributed by atoms with E-state index in [4.69, 9.17) is 30.5 Å². The molecule has 6 atom stereocenters. The standard InChI is InChI=1S/C40H50ClN5O7S/c1-7-10-26(3)23-54(49,44-38(48)31-22-45(4)42-39(31)51-6)43-37(47)28-12-15-35-33(20-28)46(21-29-16-18-52-36(29)34(8-2)50-5)24-40(25-53-35)17-9-11-27-19-30(41)13-14-32(27)40/h7-8,12-15,19-20,22,26,29,34,36H,1-2,9-11,16-18,21,23-25H2,3-6H3,(H,43,44,47,48,49)/t26-,29-,34?,36+,40-,54?/m0/s1. The molecule has 2 amide bonds. The highest BCUT2D eigenvalue weighted by Crippen LogP contribution is 2.45. The largest absolute Gasteiger partial charge is 0.490 e. The van der Waals surface area contributed by atoms with Crippen molar-refractivity contribution in [3.8, 4) is 11.6 Å². The Hall–Kier alpha value is -4.17. The van der Waals surface area contributed by atoms with E-state index in [0.717, 1.165) is 31.4 Å². The number of rotatable bonds is 13. The van der Waals surface area contributed by atoms with Crippen LogP contribution >= 0.6 is 11.6 Å². The average Bonchev–Trinajstić information content (AvgIpc) is 3.72. The molecule has 1 spiro atoms. The van der Waals surface area contributed by atoms with Crippen LogP contribution in [0.1, 0.15) is 64.4 Å². The first-order valence-corrected chi connectivity index (χ1v) is 20.3. The molecule has 3 aliphatic rings. The van der Waals surface area contributed by atoms with Crippen molar-refractivity contribution in [2.24, 2.45) is 23.2 Å². The van der Waals surface area contributed by atoms with Crippen molar-refractivity contribution in [3.63, 3.8) is 0 Å². The minimum absolute atomic E-state index is 0.0642. The van der Waals surface area contributed by atoms with Gasteiger partial charge in [0.1, 0.15) is 27.3 Å². The van der Waals surface area contributed by atoms with E-state index in [1.807, 2.05) is 13.0 Å². The monoisotopic (exact) mass is 779 g/mol. The van der Waals surface area contributed by atoms with Crippen LogP contribution in [-0.4, -0.2) is 84.3 Å². The van der Waals surface area contributed by atoms with Gasteiger partial charge in [0.15, 0.2) is 0 Å². The number of methoxy groups -OCH3 is 2. The number of aromatic nitrogens is 2. The van der Waals surface area contributed by atoms with E-state index < -0.39 is 21.7 Å². The van der Waals surface area contributed by atoms with Crippen molar-refractivity contribution in [3.05, 3.63) is 95.2 Å². The molecular formula is C40H50ClN5O7S. The summed E-state index contributed by atoms with van der Waals surface area (Å²) >= 11 is 6.46. The third kappa shape index (κ3) is 8.39. The Morgan fingerprint density at radius 1 is 1.24 bits per heavy atom. The number of nitrogens with one attached hydrogen (secondary N) is 1. The molecule has 1 N–H and O–H groups in total. The lowest BCUT2D eigenvalue weighted by molar-refractivity contribution is -0.0170. The van der Waals surface area contributed by atoms with Gasteiger partial charge in [0.05, 0.1) is 31.3 Å². The molecule has 0 saturated carbocycles. The summed E-state index contributed by atoms with van der Waals surface area (Å²) in [5, 5.41) is 4.84. The van der Waals surface area contributed by atoms with Gasteiger partial charge in [-0.3, -0.25) is 19.0 Å². The number of allylic oxidation sites excluding steroid dienone is 1. The van der Waals surface area contributed by atoms with Crippen LogP contribution in [0.3, 0.4) is 0 Å². The summed E-state index contributed by atoms with van der Waals surface area (Å²) in [7, 11) is 1.07. The van der Waals surface area contributed by atoms with Gasteiger partial charge in [0.2, 0.25) is 5.88 Å². The van der Waals surface area contributed by atoms with Gasteiger partial charge < -0.3 is 23.8 Å². The van der Waals surface area contributed by atoms with E-state index in [9.17, 15) is 13.8 Å². The first-order chi connectivity index (χ1) is 25.9. The van der Waals surface area contributed by atoms with Crippen molar-refractivity contribution in [1.82, 2.24) is 14.5 Å². The highest BCUT2D eigenvalue weighted by atomic mass is 35.5. The summed E-state index contributed by atoms with van der Waals surface area (Å²) in [6.07, 6.45) is 8.63. The van der Waals surface area contributed by atoms with E-state index in [0.29, 0.717) is 43.5 Å². The zero-order valence-electron chi connectivity index (χ0n) is 31.4. The molecule has 3 aromatic rings. The third-order valence-electron chi connectivity index (χ3n) is 10.6. The van der Waals surface area contributed by atoms with Crippen LogP contribution < -0.4 is 19.1 Å². The lowest BCUT2D eigenvalue weighted by atomic mass is 9.70.